The standard InChI is InChI=1S/C29H31N11O11S2/c1-29(2,27(48)49)51-37-18(14-10-53-28(31)35-14)23(44)36-19-24(45)40-20(26(46)47)12(9-52-25(19)40)6-38-7-13(30)21(34-11-38)32-3-4-33-22(43)15-5-16(41)17(42)8-39(15)50/h5,7-8,10-11,19,25,50H,3-4,6,9,30H2,1-2H3,(H7,31,33,35,36,42,43,44,46,47,48,49)/p+1/b37-18-/t19-,25?/m1/s1. The number of nitrogens with two attached hydrogens (primary N) is 2. The third kappa shape index (κ3) is 8.06. The number of aromatic hydroxyl groups is 1. The van der Waals surface area contributed by atoms with Crippen molar-refractivity contribution in [2.45, 2.75) is 37.4 Å². The van der Waals surface area contributed by atoms with Gasteiger partial charge in [0, 0.05) is 35.9 Å². The molecule has 0 spiro atoms. The Kier molecular flexibility index (Phi) is 10.7. The van der Waals surface area contributed by atoms with Gasteiger partial charge in [-0.25, -0.2) is 19.1 Å². The highest BCUT2D eigenvalue weighted by molar-refractivity contribution is 8.00. The second kappa shape index (κ2) is 15.0. The number of nitrogen functional groups attached to an aromatic ring is 2. The summed E-state index contributed by atoms with van der Waals surface area (Å²) in [6.45, 7) is 2.57. The number of aromatic nitrogens is 4. The van der Waals surface area contributed by atoms with Crippen LogP contribution in [0.2, 0.25) is 0 Å². The Hall–Kier alpha value is -6.43. The van der Waals surface area contributed by atoms with Crippen molar-refractivity contribution in [1.82, 2.24) is 30.2 Å². The number of hydrogen-bond donors (Lipinski definition) is 9. The number of nitrogens with one attached hydrogen (secondary N) is 3. The minimum absolute atomic E-state index is 0.00998. The van der Waals surface area contributed by atoms with Crippen LogP contribution >= 0.6 is 23.1 Å². The highest BCUT2D eigenvalue weighted by Crippen LogP contribution is 2.40. The quantitative estimate of drug-likeness (QED) is 0.0213. The number of carboxylic acids is 2. The van der Waals surface area contributed by atoms with Gasteiger partial charge in [-0.1, -0.05) is 5.16 Å². The molecule has 1 unspecified atom stereocenters. The fourth-order valence-electron chi connectivity index (χ4n) is 4.88. The maximum absolute atomic E-state index is 13.3. The number of fused-ring (bicyclic) bond motifs is 1. The second-order valence-corrected chi connectivity index (χ2v) is 13.8. The van der Waals surface area contributed by atoms with Crippen molar-refractivity contribution in [3.8, 4) is 5.75 Å². The monoisotopic (exact) mass is 774 g/mol. The molecular weight excluding hydrogens is 743 g/mol. The molecule has 1 fully saturated rings. The van der Waals surface area contributed by atoms with Gasteiger partial charge in [0.1, 0.15) is 46.9 Å². The second-order valence-electron chi connectivity index (χ2n) is 11.8. The predicted octanol–water partition coefficient (Wildman–Crippen LogP) is -2.04. The molecule has 2 aliphatic rings. The van der Waals surface area contributed by atoms with E-state index in [1.54, 1.807) is 0 Å². The van der Waals surface area contributed by atoms with Gasteiger partial charge in [-0.3, -0.25) is 24.1 Å². The molecule has 53 heavy (non-hydrogen) atoms. The predicted molar refractivity (Wildman–Crippen MR) is 185 cm³/mol. The molecule has 3 amide bonds. The summed E-state index contributed by atoms with van der Waals surface area (Å²) in [4.78, 5) is 88.8. The summed E-state index contributed by atoms with van der Waals surface area (Å²) < 4.78 is 1.83. The smallest absolute Gasteiger partial charge is 0.352 e. The summed E-state index contributed by atoms with van der Waals surface area (Å²) in [5, 5.41) is 50.9. The zero-order valence-corrected chi connectivity index (χ0v) is 29.3. The van der Waals surface area contributed by atoms with E-state index in [0.29, 0.717) is 16.5 Å². The van der Waals surface area contributed by atoms with E-state index in [4.69, 9.17) is 16.3 Å². The van der Waals surface area contributed by atoms with Gasteiger partial charge in [0.2, 0.25) is 11.0 Å². The van der Waals surface area contributed by atoms with Crippen molar-refractivity contribution in [3.63, 3.8) is 0 Å². The van der Waals surface area contributed by atoms with Gasteiger partial charge in [0.15, 0.2) is 16.6 Å². The summed E-state index contributed by atoms with van der Waals surface area (Å²) in [5.74, 6) is -5.49. The molecular formula is C29H32N11O11S2+. The summed E-state index contributed by atoms with van der Waals surface area (Å²) in [6, 6.07) is -0.386. The van der Waals surface area contributed by atoms with Gasteiger partial charge in [-0.15, -0.1) is 23.1 Å². The summed E-state index contributed by atoms with van der Waals surface area (Å²) in [5.41, 5.74) is 8.58. The average Bonchev–Trinajstić information content (AvgIpc) is 3.52. The lowest BCUT2D eigenvalue weighted by Gasteiger charge is -2.49. The van der Waals surface area contributed by atoms with Gasteiger partial charge in [-0.2, -0.15) is 4.73 Å². The van der Waals surface area contributed by atoms with E-state index < -0.39 is 63.6 Å². The van der Waals surface area contributed by atoms with Crippen LogP contribution in [0, 0.1) is 0 Å². The number of amides is 3. The molecule has 0 saturated carbocycles. The van der Waals surface area contributed by atoms with E-state index in [9.17, 15) is 49.3 Å². The Morgan fingerprint density at radius 2 is 1.92 bits per heavy atom. The average molecular weight is 775 g/mol. The molecule has 3 aromatic heterocycles. The van der Waals surface area contributed by atoms with E-state index in [0.717, 1.165) is 22.3 Å². The molecule has 280 valence electrons. The summed E-state index contributed by atoms with van der Waals surface area (Å²) in [7, 11) is 0. The Morgan fingerprint density at radius 3 is 2.57 bits per heavy atom. The SMILES string of the molecule is CC(C)(O/N=C(\C(=O)N[C@@H]1C(=O)N2C(C(=O)O)=C(C[n+]3cnc(NCCNC(=O)c4cc(=O)c(O)cn4O)c(N)c3)CSC12)c1csc(N)n1)C(=O)O. The fraction of sp³-hybridized carbons (Fsp3) is 0.310. The minimum atomic E-state index is -1.81. The van der Waals surface area contributed by atoms with Crippen molar-refractivity contribution in [2.75, 3.05) is 35.6 Å². The number of oxime groups is 1. The summed E-state index contributed by atoms with van der Waals surface area (Å²) >= 11 is 2.19. The normalized spacial score (nSPS) is 17.1. The van der Waals surface area contributed by atoms with Crippen LogP contribution in [0.3, 0.4) is 0 Å². The molecule has 11 N–H and O–H groups in total. The maximum Gasteiger partial charge on any atom is 0.352 e. The van der Waals surface area contributed by atoms with Crippen molar-refractivity contribution >= 4 is 75.1 Å². The van der Waals surface area contributed by atoms with Gasteiger partial charge >= 0.3 is 11.9 Å². The third-order valence-electron chi connectivity index (χ3n) is 7.63. The Bertz CT molecular complexity index is 2130. The lowest BCUT2D eigenvalue weighted by atomic mass is 10.0. The molecule has 5 heterocycles. The number of carbonyl (C=O) groups excluding carboxylic acids is 3. The molecule has 0 aromatic carbocycles. The number of nitrogens with zero attached hydrogens (tertiary/aromatic N) is 6. The number of hydrogen-bond acceptors (Lipinski definition) is 17. The number of anilines is 3. The molecule has 3 aromatic rings. The topological polar surface area (TPSA) is 331 Å². The molecule has 0 aliphatic carbocycles. The van der Waals surface area contributed by atoms with Gasteiger partial charge < -0.3 is 52.8 Å². The first-order valence-corrected chi connectivity index (χ1v) is 17.1. The van der Waals surface area contributed by atoms with E-state index >= 15 is 0 Å². The zero-order chi connectivity index (χ0) is 38.8. The first-order chi connectivity index (χ1) is 25.0. The molecule has 5 rings (SSSR count). The van der Waals surface area contributed by atoms with Crippen molar-refractivity contribution in [2.24, 2.45) is 5.16 Å². The van der Waals surface area contributed by atoms with Crippen LogP contribution in [0.4, 0.5) is 16.6 Å². The number of carboxylic acid groups (broad SMARTS) is 2. The largest absolute Gasteiger partial charge is 0.503 e. The maximum atomic E-state index is 13.3. The van der Waals surface area contributed by atoms with E-state index in [1.165, 1.54) is 48.1 Å². The Balaban J connectivity index is 1.22. The van der Waals surface area contributed by atoms with Crippen molar-refractivity contribution < 1.29 is 53.9 Å². The molecule has 1 saturated heterocycles. The lowest BCUT2D eigenvalue weighted by Crippen LogP contribution is -2.71. The fourth-order valence-corrected chi connectivity index (χ4v) is 6.76. The summed E-state index contributed by atoms with van der Waals surface area (Å²) in [6.07, 6.45) is 3.55. The number of rotatable bonds is 14. The van der Waals surface area contributed by atoms with Gasteiger partial charge in [0.25, 0.3) is 29.9 Å². The van der Waals surface area contributed by atoms with E-state index in [2.05, 4.69) is 31.1 Å². The number of thiazole rings is 1. The highest BCUT2D eigenvalue weighted by Gasteiger charge is 2.54. The van der Waals surface area contributed by atoms with Crippen LogP contribution in [0.15, 0.2) is 51.4 Å². The lowest BCUT2D eigenvalue weighted by molar-refractivity contribution is -0.691. The van der Waals surface area contributed by atoms with Crippen LogP contribution in [0.5, 0.6) is 5.75 Å². The highest BCUT2D eigenvalue weighted by atomic mass is 32.2. The Labute approximate surface area is 305 Å². The van der Waals surface area contributed by atoms with Crippen LogP contribution in [0.25, 0.3) is 0 Å². The number of aliphatic carboxylic acids is 2. The number of β-lactam (4-membered cyclic amide) rings is 1. The van der Waals surface area contributed by atoms with Gasteiger partial charge in [0.05, 0.1) is 6.20 Å². The first-order valence-electron chi connectivity index (χ1n) is 15.2. The third-order valence-corrected chi connectivity index (χ3v) is 9.64. The minimum Gasteiger partial charge on any atom is -0.503 e. The van der Waals surface area contributed by atoms with Crippen molar-refractivity contribution in [3.05, 3.63) is 63.0 Å². The molecule has 0 bridgehead atoms. The molecule has 22 nitrogen and oxygen atoms in total. The van der Waals surface area contributed by atoms with Crippen LogP contribution in [-0.2, 0) is 30.6 Å². The van der Waals surface area contributed by atoms with Crippen LogP contribution in [-0.4, -0.2) is 111 Å². The van der Waals surface area contributed by atoms with Gasteiger partial charge in [-0.05, 0) is 18.8 Å². The number of pyridine rings is 1. The molecule has 2 aliphatic heterocycles. The first kappa shape index (κ1) is 37.8. The zero-order valence-electron chi connectivity index (χ0n) is 27.7. The van der Waals surface area contributed by atoms with Crippen molar-refractivity contribution in [1.29, 1.82) is 0 Å². The van der Waals surface area contributed by atoms with E-state index in [1.807, 2.05) is 0 Å². The van der Waals surface area contributed by atoms with E-state index in [-0.39, 0.29) is 59.1 Å². The van der Waals surface area contributed by atoms with Crippen LogP contribution in [0.1, 0.15) is 30.0 Å². The van der Waals surface area contributed by atoms with Crippen LogP contribution < -0.4 is 37.4 Å². The molecule has 2 atom stereocenters. The number of thioether (sulfide) groups is 1. The Morgan fingerprint density at radius 1 is 1.19 bits per heavy atom. The number of carbonyl (C=O) groups is 5. The molecule has 24 heteroatoms. The molecule has 0 radical (unpaired) electrons.